The molecule has 3 heterocycles. The van der Waals surface area contributed by atoms with E-state index < -0.39 is 59.6 Å². The van der Waals surface area contributed by atoms with Crippen LogP contribution < -0.4 is 0 Å². The predicted molar refractivity (Wildman–Crippen MR) is 124 cm³/mol. The van der Waals surface area contributed by atoms with E-state index in [9.17, 15) is 29.4 Å². The lowest BCUT2D eigenvalue weighted by molar-refractivity contribution is -0.190. The second kappa shape index (κ2) is 8.54. The summed E-state index contributed by atoms with van der Waals surface area (Å²) in [6.07, 6.45) is -0.348. The number of fused-ring (bicyclic) bond motifs is 8. The molecule has 16 unspecified atom stereocenters. The van der Waals surface area contributed by atoms with Gasteiger partial charge in [-0.3, -0.25) is 19.2 Å². The molecule has 16 atom stereocenters. The van der Waals surface area contributed by atoms with Crippen molar-refractivity contribution in [3.63, 3.8) is 0 Å². The quantitative estimate of drug-likeness (QED) is 0.187. The van der Waals surface area contributed by atoms with Gasteiger partial charge in [0.2, 0.25) is 11.6 Å². The lowest BCUT2D eigenvalue weighted by Crippen LogP contribution is -2.57. The van der Waals surface area contributed by atoms with Crippen molar-refractivity contribution >= 4 is 24.2 Å². The van der Waals surface area contributed by atoms with Crippen molar-refractivity contribution < 1.29 is 53.4 Å². The Morgan fingerprint density at radius 1 is 0.947 bits per heavy atom. The van der Waals surface area contributed by atoms with Crippen LogP contribution >= 0.6 is 0 Å². The molecule has 3 saturated heterocycles. The molecule has 0 amide bonds. The Labute approximate surface area is 220 Å². The van der Waals surface area contributed by atoms with Crippen LogP contribution in [0.25, 0.3) is 0 Å². The van der Waals surface area contributed by atoms with E-state index >= 15 is 0 Å². The molecule has 4 saturated carbocycles. The van der Waals surface area contributed by atoms with Gasteiger partial charge in [0.05, 0.1) is 30.0 Å². The smallest absolute Gasteiger partial charge is 0.317 e. The average molecular weight is 537 g/mol. The molecule has 11 nitrogen and oxygen atoms in total. The third-order valence-electron chi connectivity index (χ3n) is 11.5. The number of cyclic esters (lactones) is 2. The highest BCUT2D eigenvalue weighted by atomic mass is 16.9. The first-order chi connectivity index (χ1) is 18.1. The number of carbonyl (C=O) groups excluding carboxylic acids is 4. The molecule has 3 aliphatic heterocycles. The van der Waals surface area contributed by atoms with E-state index in [2.05, 4.69) is 0 Å². The summed E-state index contributed by atoms with van der Waals surface area (Å²) in [4.78, 5) is 50.9. The molecule has 0 aromatic rings. The number of ether oxygens (including phenoxy) is 4. The van der Waals surface area contributed by atoms with Crippen molar-refractivity contribution in [2.24, 2.45) is 65.1 Å². The fourth-order valence-corrected chi connectivity index (χ4v) is 10.0. The maximum Gasteiger partial charge on any atom is 0.317 e. The molecule has 0 radical (unpaired) electrons. The Morgan fingerprint density at radius 3 is 2.11 bits per heavy atom. The van der Waals surface area contributed by atoms with E-state index in [0.29, 0.717) is 25.7 Å². The van der Waals surface area contributed by atoms with Crippen molar-refractivity contribution in [2.45, 2.75) is 69.9 Å². The number of ketones is 1. The number of hydrogen-bond acceptors (Lipinski definition) is 11. The van der Waals surface area contributed by atoms with Gasteiger partial charge in [-0.05, 0) is 54.3 Å². The summed E-state index contributed by atoms with van der Waals surface area (Å²) in [5.41, 5.74) is 0. The van der Waals surface area contributed by atoms with Crippen LogP contribution in [0.3, 0.4) is 0 Å². The van der Waals surface area contributed by atoms with Gasteiger partial charge in [0, 0.05) is 19.4 Å². The summed E-state index contributed by atoms with van der Waals surface area (Å²) >= 11 is 0. The summed E-state index contributed by atoms with van der Waals surface area (Å²) in [6, 6.07) is 0. The first-order valence-electron chi connectivity index (χ1n) is 13.7. The molecular weight excluding hydrogens is 500 g/mol. The number of esters is 2. The highest BCUT2D eigenvalue weighted by Gasteiger charge is 2.83. The molecule has 3 N–H and O–H groups in total. The molecule has 0 spiro atoms. The van der Waals surface area contributed by atoms with E-state index in [1.54, 1.807) is 6.92 Å². The van der Waals surface area contributed by atoms with Gasteiger partial charge >= 0.3 is 11.9 Å². The molecule has 0 aromatic heterocycles. The van der Waals surface area contributed by atoms with Gasteiger partial charge in [0.25, 0.3) is 12.3 Å². The summed E-state index contributed by atoms with van der Waals surface area (Å²) in [7, 11) is 1.00. The number of epoxide rings is 1. The Morgan fingerprint density at radius 2 is 1.53 bits per heavy atom. The van der Waals surface area contributed by atoms with Crippen molar-refractivity contribution in [3.8, 4) is 0 Å². The van der Waals surface area contributed by atoms with E-state index in [1.807, 2.05) is 13.8 Å². The first kappa shape index (κ1) is 26.3. The van der Waals surface area contributed by atoms with Gasteiger partial charge in [-0.25, -0.2) is 0 Å². The normalized spacial score (nSPS) is 57.2. The van der Waals surface area contributed by atoms with Gasteiger partial charge in [0.1, 0.15) is 6.10 Å². The second-order valence-corrected chi connectivity index (χ2v) is 12.3. The van der Waals surface area contributed by atoms with Crippen LogP contribution in [-0.4, -0.2) is 76.5 Å². The molecule has 7 rings (SSSR count). The number of carbonyl (C=O) groups is 4. The second-order valence-electron chi connectivity index (χ2n) is 12.3. The molecule has 0 aromatic carbocycles. The summed E-state index contributed by atoms with van der Waals surface area (Å²) < 4.78 is 22.3. The van der Waals surface area contributed by atoms with Gasteiger partial charge in [-0.2, -0.15) is 0 Å². The fraction of sp³-hybridized carbons (Fsp3) is 0.852. The summed E-state index contributed by atoms with van der Waals surface area (Å²) in [6.45, 7) is 6.14. The first-order valence-corrected chi connectivity index (χ1v) is 13.7. The minimum absolute atomic E-state index is 0.0464. The molecule has 4 bridgehead atoms. The fourth-order valence-electron chi connectivity index (χ4n) is 10.0. The number of hydrogen-bond donors (Lipinski definition) is 3. The van der Waals surface area contributed by atoms with Crippen LogP contribution in [-0.2, 0) is 38.1 Å². The van der Waals surface area contributed by atoms with Gasteiger partial charge < -0.3 is 34.3 Å². The van der Waals surface area contributed by atoms with E-state index in [0.717, 1.165) is 7.11 Å². The number of aliphatic hydroxyl groups is 3. The predicted octanol–water partition coefficient (Wildman–Crippen LogP) is 0.0264. The van der Waals surface area contributed by atoms with Crippen LogP contribution in [0.15, 0.2) is 0 Å². The maximum atomic E-state index is 13.3. The molecule has 38 heavy (non-hydrogen) atoms. The molecule has 7 fully saturated rings. The zero-order chi connectivity index (χ0) is 27.5. The van der Waals surface area contributed by atoms with Crippen molar-refractivity contribution in [2.75, 3.05) is 7.11 Å². The van der Waals surface area contributed by atoms with Gasteiger partial charge in [0.15, 0.2) is 0 Å². The van der Waals surface area contributed by atoms with Crippen molar-refractivity contribution in [1.82, 2.24) is 0 Å². The number of aliphatic hydroxyl groups excluding tert-OH is 2. The molecular formula is C27H36O11. The topological polar surface area (TPSA) is 169 Å². The third kappa shape index (κ3) is 2.97. The Hall–Kier alpha value is -1.92. The van der Waals surface area contributed by atoms with Crippen LogP contribution in [0, 0.1) is 65.1 Å². The monoisotopic (exact) mass is 536 g/mol. The molecule has 7 aliphatic rings. The molecule has 210 valence electrons. The highest BCUT2D eigenvalue weighted by molar-refractivity contribution is 5.97. The summed E-state index contributed by atoms with van der Waals surface area (Å²) in [5.74, 6) is -7.72. The number of rotatable bonds is 5. The van der Waals surface area contributed by atoms with Crippen LogP contribution in [0.4, 0.5) is 0 Å². The number of Topliss-reactive ketones (excluding diaryl/α,β-unsaturated/α-hetero) is 1. The van der Waals surface area contributed by atoms with Crippen LogP contribution in [0.1, 0.15) is 40.0 Å². The zero-order valence-electron chi connectivity index (χ0n) is 21.9. The SMILES string of the molecule is CCC12OC3C4CC(C(C)C4C4C(=O)OC(=O)C4C4C(C)C5CC4C(OC=O)C5O)C3C(=O)C1(O)O2.CO. The largest absolute Gasteiger partial charge is 0.462 e. The maximum absolute atomic E-state index is 13.3. The average Bonchev–Trinajstić information content (AvgIpc) is 3.37. The van der Waals surface area contributed by atoms with Gasteiger partial charge in [-0.15, -0.1) is 0 Å². The molecule has 11 heteroatoms. The summed E-state index contributed by atoms with van der Waals surface area (Å²) in [5, 5.41) is 28.4. The van der Waals surface area contributed by atoms with E-state index in [-0.39, 0.29) is 53.1 Å². The molecule has 4 aliphatic carbocycles. The minimum atomic E-state index is -1.89. The van der Waals surface area contributed by atoms with E-state index in [4.69, 9.17) is 24.1 Å². The van der Waals surface area contributed by atoms with Crippen LogP contribution in [0.2, 0.25) is 0 Å². The van der Waals surface area contributed by atoms with Gasteiger partial charge in [-0.1, -0.05) is 20.8 Å². The highest BCUT2D eigenvalue weighted by Crippen LogP contribution is 2.69. The minimum Gasteiger partial charge on any atom is -0.462 e. The lowest BCUT2D eigenvalue weighted by atomic mass is 9.59. The lowest BCUT2D eigenvalue weighted by Gasteiger charge is -2.46. The standard InChI is InChI=1S/C26H32O10.CH4O/c1-4-25-26(32,36-25)22(29)16-10-5-12(20(16)35-25)14(8(10)2)17-18(24(31)34-23(17)30)15-9(3)11-6-13(15)21(19(11)28)33-7-27;1-2/h7-21,28,32H,4-6H2,1-3H3;2H,1H3. The van der Waals surface area contributed by atoms with Crippen LogP contribution in [0.5, 0.6) is 0 Å². The third-order valence-corrected chi connectivity index (χ3v) is 11.5. The van der Waals surface area contributed by atoms with Crippen molar-refractivity contribution in [3.05, 3.63) is 0 Å². The van der Waals surface area contributed by atoms with E-state index in [1.165, 1.54) is 0 Å². The Bertz CT molecular complexity index is 1060. The Balaban J connectivity index is 0.00000129. The Kier molecular flexibility index (Phi) is 5.91. The van der Waals surface area contributed by atoms with Crippen molar-refractivity contribution in [1.29, 1.82) is 0 Å². The zero-order valence-corrected chi connectivity index (χ0v) is 21.9.